The van der Waals surface area contributed by atoms with Gasteiger partial charge in [0.2, 0.25) is 0 Å². The van der Waals surface area contributed by atoms with Gasteiger partial charge in [0, 0.05) is 11.8 Å². The highest BCUT2D eigenvalue weighted by atomic mass is 19.4. The number of hydrogen-bond acceptors (Lipinski definition) is 2. The van der Waals surface area contributed by atoms with Gasteiger partial charge in [-0.05, 0) is 31.2 Å². The highest BCUT2D eigenvalue weighted by molar-refractivity contribution is 5.56. The van der Waals surface area contributed by atoms with E-state index in [0.29, 0.717) is 17.1 Å². The third kappa shape index (κ3) is 2.08. The summed E-state index contributed by atoms with van der Waals surface area (Å²) < 4.78 is 42.0. The van der Waals surface area contributed by atoms with Gasteiger partial charge in [-0.25, -0.2) is 0 Å². The average molecular weight is 227 g/mol. The molecule has 16 heavy (non-hydrogen) atoms. The summed E-state index contributed by atoms with van der Waals surface area (Å²) in [7, 11) is 0. The zero-order valence-corrected chi connectivity index (χ0v) is 8.38. The van der Waals surface area contributed by atoms with Gasteiger partial charge in [-0.1, -0.05) is 0 Å². The van der Waals surface area contributed by atoms with Crippen molar-refractivity contribution in [3.8, 4) is 11.3 Å². The van der Waals surface area contributed by atoms with Crippen molar-refractivity contribution in [3.63, 3.8) is 0 Å². The van der Waals surface area contributed by atoms with Gasteiger partial charge < -0.3 is 4.42 Å². The largest absolute Gasteiger partial charge is 0.461 e. The molecule has 5 heteroatoms. The number of pyridine rings is 1. The second-order valence-electron chi connectivity index (χ2n) is 3.34. The van der Waals surface area contributed by atoms with E-state index >= 15 is 0 Å². The summed E-state index contributed by atoms with van der Waals surface area (Å²) in [5.74, 6) is 1.22. The summed E-state index contributed by atoms with van der Waals surface area (Å²) in [6.07, 6.45) is -3.25. The number of hydrogen-bond donors (Lipinski definition) is 0. The summed E-state index contributed by atoms with van der Waals surface area (Å²) in [6, 6.07) is 5.72. The fraction of sp³-hybridized carbons (Fsp3) is 0.182. The first-order chi connectivity index (χ1) is 7.47. The normalized spacial score (nSPS) is 11.8. The van der Waals surface area contributed by atoms with Crippen molar-refractivity contribution in [2.24, 2.45) is 0 Å². The van der Waals surface area contributed by atoms with Crippen molar-refractivity contribution in [3.05, 3.63) is 41.9 Å². The van der Waals surface area contributed by atoms with Gasteiger partial charge in [0.15, 0.2) is 0 Å². The maximum absolute atomic E-state index is 12.2. The highest BCUT2D eigenvalue weighted by Crippen LogP contribution is 2.29. The molecule has 2 rings (SSSR count). The van der Waals surface area contributed by atoms with Gasteiger partial charge in [-0.3, -0.25) is 4.98 Å². The van der Waals surface area contributed by atoms with E-state index in [2.05, 4.69) is 4.98 Å². The van der Waals surface area contributed by atoms with Gasteiger partial charge in [-0.15, -0.1) is 0 Å². The monoisotopic (exact) mass is 227 g/mol. The number of aromatic nitrogens is 1. The lowest BCUT2D eigenvalue weighted by Gasteiger charge is -2.05. The van der Waals surface area contributed by atoms with Crippen molar-refractivity contribution in [2.45, 2.75) is 13.1 Å². The zero-order valence-electron chi connectivity index (χ0n) is 8.38. The van der Waals surface area contributed by atoms with Crippen LogP contribution in [0, 0.1) is 6.92 Å². The van der Waals surface area contributed by atoms with Crippen molar-refractivity contribution in [2.75, 3.05) is 0 Å². The second kappa shape index (κ2) is 3.66. The SMILES string of the molecule is Cc1ccc(-c2ccc(C(F)(F)F)nc2)o1. The Morgan fingerprint density at radius 3 is 2.31 bits per heavy atom. The lowest BCUT2D eigenvalue weighted by atomic mass is 10.2. The van der Waals surface area contributed by atoms with E-state index in [0.717, 1.165) is 12.3 Å². The third-order valence-electron chi connectivity index (χ3n) is 2.08. The zero-order chi connectivity index (χ0) is 11.8. The average Bonchev–Trinajstić information content (AvgIpc) is 2.64. The Hall–Kier alpha value is -1.78. The molecule has 2 aromatic rings. The number of nitrogens with zero attached hydrogens (tertiary/aromatic N) is 1. The van der Waals surface area contributed by atoms with Crippen LogP contribution >= 0.6 is 0 Å². The fourth-order valence-corrected chi connectivity index (χ4v) is 1.30. The van der Waals surface area contributed by atoms with E-state index in [1.807, 2.05) is 0 Å². The molecule has 0 bridgehead atoms. The summed E-state index contributed by atoms with van der Waals surface area (Å²) in [4.78, 5) is 3.35. The first-order valence-electron chi connectivity index (χ1n) is 4.57. The molecule has 0 atom stereocenters. The van der Waals surface area contributed by atoms with Gasteiger partial charge >= 0.3 is 6.18 Å². The molecule has 2 nitrogen and oxygen atoms in total. The Labute approximate surface area is 89.7 Å². The lowest BCUT2D eigenvalue weighted by Crippen LogP contribution is -2.07. The Morgan fingerprint density at radius 1 is 1.12 bits per heavy atom. The van der Waals surface area contributed by atoms with E-state index in [1.165, 1.54) is 6.07 Å². The molecular formula is C11H8F3NO. The predicted molar refractivity (Wildman–Crippen MR) is 51.7 cm³/mol. The van der Waals surface area contributed by atoms with Crippen molar-refractivity contribution >= 4 is 0 Å². The number of alkyl halides is 3. The lowest BCUT2D eigenvalue weighted by molar-refractivity contribution is -0.141. The predicted octanol–water partition coefficient (Wildman–Crippen LogP) is 3.67. The topological polar surface area (TPSA) is 26.0 Å². The maximum Gasteiger partial charge on any atom is 0.433 e. The van der Waals surface area contributed by atoms with E-state index < -0.39 is 11.9 Å². The maximum atomic E-state index is 12.2. The molecule has 0 fully saturated rings. The van der Waals surface area contributed by atoms with Crippen LogP contribution in [0.3, 0.4) is 0 Å². The molecule has 2 aromatic heterocycles. The summed E-state index contributed by atoms with van der Waals surface area (Å²) in [5, 5.41) is 0. The smallest absolute Gasteiger partial charge is 0.433 e. The molecule has 0 unspecified atom stereocenters. The van der Waals surface area contributed by atoms with E-state index in [4.69, 9.17) is 4.42 Å². The third-order valence-corrected chi connectivity index (χ3v) is 2.08. The van der Waals surface area contributed by atoms with Crippen LogP contribution in [-0.2, 0) is 6.18 Å². The minimum atomic E-state index is -4.41. The molecule has 84 valence electrons. The molecule has 0 amide bonds. The minimum absolute atomic E-state index is 0.513. The van der Waals surface area contributed by atoms with E-state index in [1.54, 1.807) is 19.1 Å². The summed E-state index contributed by atoms with van der Waals surface area (Å²) in [5.41, 5.74) is -0.374. The molecule has 0 saturated carbocycles. The Balaban J connectivity index is 2.33. The van der Waals surface area contributed by atoms with Crippen LogP contribution in [-0.4, -0.2) is 4.98 Å². The standard InChI is InChI=1S/C11H8F3NO/c1-7-2-4-9(16-7)8-3-5-10(15-6-8)11(12,13)14/h2-6H,1H3. The fourth-order valence-electron chi connectivity index (χ4n) is 1.30. The van der Waals surface area contributed by atoms with Crippen LogP contribution in [0.5, 0.6) is 0 Å². The molecular weight excluding hydrogens is 219 g/mol. The molecule has 0 N–H and O–H groups in total. The van der Waals surface area contributed by atoms with Crippen molar-refractivity contribution in [1.82, 2.24) is 4.98 Å². The van der Waals surface area contributed by atoms with Gasteiger partial charge in [-0.2, -0.15) is 13.2 Å². The number of halogens is 3. The first-order valence-corrected chi connectivity index (χ1v) is 4.57. The van der Waals surface area contributed by atoms with Crippen LogP contribution in [0.4, 0.5) is 13.2 Å². The van der Waals surface area contributed by atoms with Crippen LogP contribution in [0.15, 0.2) is 34.9 Å². The van der Waals surface area contributed by atoms with Crippen LogP contribution in [0.1, 0.15) is 11.5 Å². The van der Waals surface area contributed by atoms with Gasteiger partial charge in [0.1, 0.15) is 17.2 Å². The van der Waals surface area contributed by atoms with Crippen LogP contribution in [0.25, 0.3) is 11.3 Å². The van der Waals surface area contributed by atoms with Crippen LogP contribution in [0.2, 0.25) is 0 Å². The molecule has 0 spiro atoms. The number of rotatable bonds is 1. The molecule has 0 radical (unpaired) electrons. The number of furan rings is 1. The molecule has 0 aliphatic rings. The molecule has 0 aromatic carbocycles. The first kappa shape index (κ1) is 10.7. The van der Waals surface area contributed by atoms with Gasteiger partial charge in [0.25, 0.3) is 0 Å². The molecule has 0 saturated heterocycles. The quantitative estimate of drug-likeness (QED) is 0.742. The highest BCUT2D eigenvalue weighted by Gasteiger charge is 2.32. The summed E-state index contributed by atoms with van der Waals surface area (Å²) in [6.45, 7) is 1.76. The summed E-state index contributed by atoms with van der Waals surface area (Å²) >= 11 is 0. The minimum Gasteiger partial charge on any atom is -0.461 e. The number of aryl methyl sites for hydroxylation is 1. The van der Waals surface area contributed by atoms with Crippen molar-refractivity contribution in [1.29, 1.82) is 0 Å². The van der Waals surface area contributed by atoms with E-state index in [-0.39, 0.29) is 0 Å². The van der Waals surface area contributed by atoms with Gasteiger partial charge in [0.05, 0.1) is 0 Å². The second-order valence-corrected chi connectivity index (χ2v) is 3.34. The Bertz CT molecular complexity index is 485. The van der Waals surface area contributed by atoms with E-state index in [9.17, 15) is 13.2 Å². The molecule has 0 aliphatic heterocycles. The van der Waals surface area contributed by atoms with Crippen molar-refractivity contribution < 1.29 is 17.6 Å². The molecule has 0 aliphatic carbocycles. The van der Waals surface area contributed by atoms with Crippen LogP contribution < -0.4 is 0 Å². The Morgan fingerprint density at radius 2 is 1.88 bits per heavy atom. The molecule has 2 heterocycles. The Kier molecular flexibility index (Phi) is 2.46.